The minimum Gasteiger partial charge on any atom is -0.317 e. The summed E-state index contributed by atoms with van der Waals surface area (Å²) >= 11 is 0. The van der Waals surface area contributed by atoms with E-state index >= 15 is 0 Å². The van der Waals surface area contributed by atoms with Crippen molar-refractivity contribution in [3.63, 3.8) is 0 Å². The monoisotopic (exact) mass is 250 g/mol. The van der Waals surface area contributed by atoms with E-state index in [9.17, 15) is 8.42 Å². The van der Waals surface area contributed by atoms with Gasteiger partial charge in [0.2, 0.25) is 0 Å². The maximum Gasteiger partial charge on any atom is 0.148 e. The highest BCUT2D eigenvalue weighted by atomic mass is 32.2. The Kier molecular flexibility index (Phi) is 7.97. The molecule has 0 radical (unpaired) electrons. The van der Waals surface area contributed by atoms with E-state index in [2.05, 4.69) is 17.1 Å². The topological polar surface area (TPSA) is 49.4 Å². The van der Waals surface area contributed by atoms with Crippen LogP contribution in [0.2, 0.25) is 0 Å². The Morgan fingerprint density at radius 1 is 1.31 bits per heavy atom. The Hall–Kier alpha value is -0.130. The van der Waals surface area contributed by atoms with Crippen molar-refractivity contribution in [1.29, 1.82) is 0 Å². The highest BCUT2D eigenvalue weighted by Gasteiger charge is 2.07. The molecule has 0 fully saturated rings. The molecule has 0 spiro atoms. The molecule has 4 nitrogen and oxygen atoms in total. The molecule has 0 saturated carbocycles. The summed E-state index contributed by atoms with van der Waals surface area (Å²) in [5, 5.41) is 3.27. The second-order valence-corrected chi connectivity index (χ2v) is 6.73. The number of nitrogens with zero attached hydrogens (tertiary/aromatic N) is 1. The standard InChI is InChI=1S/C11H26N2O2S/c1-5-11(12-2)7-6-8-13(3)9-10-16(4,14)15/h11-12H,5-10H2,1-4H3. The van der Waals surface area contributed by atoms with Crippen LogP contribution in [0.25, 0.3) is 0 Å². The second-order valence-electron chi connectivity index (χ2n) is 4.47. The van der Waals surface area contributed by atoms with Gasteiger partial charge in [0.1, 0.15) is 9.84 Å². The second kappa shape index (κ2) is 8.03. The van der Waals surface area contributed by atoms with Gasteiger partial charge in [0, 0.05) is 18.8 Å². The van der Waals surface area contributed by atoms with Gasteiger partial charge in [-0.3, -0.25) is 0 Å². The fourth-order valence-corrected chi connectivity index (χ4v) is 2.24. The van der Waals surface area contributed by atoms with Gasteiger partial charge in [0.25, 0.3) is 0 Å². The molecule has 0 aliphatic carbocycles. The summed E-state index contributed by atoms with van der Waals surface area (Å²) in [5.41, 5.74) is 0. The van der Waals surface area contributed by atoms with Crippen molar-refractivity contribution in [3.8, 4) is 0 Å². The van der Waals surface area contributed by atoms with E-state index < -0.39 is 9.84 Å². The highest BCUT2D eigenvalue weighted by molar-refractivity contribution is 7.90. The van der Waals surface area contributed by atoms with Crippen LogP contribution in [0.1, 0.15) is 26.2 Å². The summed E-state index contributed by atoms with van der Waals surface area (Å²) in [6, 6.07) is 0.586. The molecule has 5 heteroatoms. The van der Waals surface area contributed by atoms with Gasteiger partial charge in [-0.25, -0.2) is 8.42 Å². The summed E-state index contributed by atoms with van der Waals surface area (Å²) in [4.78, 5) is 2.09. The lowest BCUT2D eigenvalue weighted by Crippen LogP contribution is -2.29. The van der Waals surface area contributed by atoms with Gasteiger partial charge in [-0.05, 0) is 39.9 Å². The fourth-order valence-electron chi connectivity index (χ4n) is 1.59. The molecule has 0 aromatic heterocycles. The molecule has 98 valence electrons. The Bertz CT molecular complexity index is 261. The fraction of sp³-hybridized carbons (Fsp3) is 1.00. The van der Waals surface area contributed by atoms with Crippen LogP contribution in [-0.4, -0.2) is 58.6 Å². The third-order valence-electron chi connectivity index (χ3n) is 2.84. The van der Waals surface area contributed by atoms with E-state index in [-0.39, 0.29) is 5.75 Å². The highest BCUT2D eigenvalue weighted by Crippen LogP contribution is 2.02. The first-order valence-electron chi connectivity index (χ1n) is 5.92. The Morgan fingerprint density at radius 3 is 2.38 bits per heavy atom. The van der Waals surface area contributed by atoms with Gasteiger partial charge >= 0.3 is 0 Å². The molecule has 1 atom stereocenters. The zero-order valence-electron chi connectivity index (χ0n) is 11.0. The number of rotatable bonds is 9. The maximum absolute atomic E-state index is 11.0. The van der Waals surface area contributed by atoms with Gasteiger partial charge in [-0.15, -0.1) is 0 Å². The molecule has 0 bridgehead atoms. The largest absolute Gasteiger partial charge is 0.317 e. The smallest absolute Gasteiger partial charge is 0.148 e. The van der Waals surface area contributed by atoms with Gasteiger partial charge in [0.05, 0.1) is 5.75 Å². The van der Waals surface area contributed by atoms with E-state index in [1.807, 2.05) is 14.1 Å². The zero-order valence-corrected chi connectivity index (χ0v) is 11.8. The molecule has 1 N–H and O–H groups in total. The first-order chi connectivity index (χ1) is 7.39. The lowest BCUT2D eigenvalue weighted by atomic mass is 10.1. The van der Waals surface area contributed by atoms with E-state index in [4.69, 9.17) is 0 Å². The molecule has 0 aromatic rings. The van der Waals surface area contributed by atoms with Crippen molar-refractivity contribution >= 4 is 9.84 Å². The van der Waals surface area contributed by atoms with Gasteiger partial charge in [-0.1, -0.05) is 6.92 Å². The van der Waals surface area contributed by atoms with E-state index in [0.717, 1.165) is 25.8 Å². The third-order valence-corrected chi connectivity index (χ3v) is 3.76. The zero-order chi connectivity index (χ0) is 12.6. The van der Waals surface area contributed by atoms with Crippen LogP contribution in [0.5, 0.6) is 0 Å². The minimum absolute atomic E-state index is 0.257. The summed E-state index contributed by atoms with van der Waals surface area (Å²) in [6.45, 7) is 3.78. The molecular formula is C11H26N2O2S. The minimum atomic E-state index is -2.82. The van der Waals surface area contributed by atoms with Gasteiger partial charge in [-0.2, -0.15) is 0 Å². The van der Waals surface area contributed by atoms with Crippen molar-refractivity contribution in [2.75, 3.05) is 39.2 Å². The van der Waals surface area contributed by atoms with E-state index in [0.29, 0.717) is 12.6 Å². The van der Waals surface area contributed by atoms with Crippen molar-refractivity contribution in [3.05, 3.63) is 0 Å². The lowest BCUT2D eigenvalue weighted by Gasteiger charge is -2.18. The molecule has 1 unspecified atom stereocenters. The molecule has 0 aliphatic heterocycles. The number of sulfone groups is 1. The molecule has 0 amide bonds. The Labute approximate surface area is 100 Å². The van der Waals surface area contributed by atoms with Crippen molar-refractivity contribution in [2.45, 2.75) is 32.2 Å². The molecule has 0 rings (SSSR count). The number of hydrogen-bond donors (Lipinski definition) is 1. The first kappa shape index (κ1) is 15.9. The van der Waals surface area contributed by atoms with Crippen LogP contribution in [0.15, 0.2) is 0 Å². The molecule has 0 aliphatic rings. The summed E-state index contributed by atoms with van der Waals surface area (Å²) in [7, 11) is 1.14. The summed E-state index contributed by atoms with van der Waals surface area (Å²) in [5.74, 6) is 0.257. The molecule has 16 heavy (non-hydrogen) atoms. The van der Waals surface area contributed by atoms with E-state index in [1.54, 1.807) is 0 Å². The molecular weight excluding hydrogens is 224 g/mol. The number of nitrogens with one attached hydrogen (secondary N) is 1. The van der Waals surface area contributed by atoms with Gasteiger partial charge in [0.15, 0.2) is 0 Å². The summed E-state index contributed by atoms with van der Waals surface area (Å²) in [6.07, 6.45) is 4.69. The Balaban J connectivity index is 3.61. The van der Waals surface area contributed by atoms with Crippen LogP contribution >= 0.6 is 0 Å². The van der Waals surface area contributed by atoms with Crippen molar-refractivity contribution in [2.24, 2.45) is 0 Å². The van der Waals surface area contributed by atoms with Crippen molar-refractivity contribution in [1.82, 2.24) is 10.2 Å². The average molecular weight is 250 g/mol. The van der Waals surface area contributed by atoms with Crippen LogP contribution in [-0.2, 0) is 9.84 Å². The maximum atomic E-state index is 11.0. The quantitative estimate of drug-likeness (QED) is 0.656. The predicted molar refractivity (Wildman–Crippen MR) is 69.6 cm³/mol. The third kappa shape index (κ3) is 9.12. The molecule has 0 aromatic carbocycles. The SMILES string of the molecule is CCC(CCCN(C)CCS(C)(=O)=O)NC. The van der Waals surface area contributed by atoms with Gasteiger partial charge < -0.3 is 10.2 Å². The Morgan fingerprint density at radius 2 is 1.94 bits per heavy atom. The van der Waals surface area contributed by atoms with E-state index in [1.165, 1.54) is 6.26 Å². The molecule has 0 saturated heterocycles. The van der Waals surface area contributed by atoms with Crippen LogP contribution < -0.4 is 5.32 Å². The number of hydrogen-bond acceptors (Lipinski definition) is 4. The first-order valence-corrected chi connectivity index (χ1v) is 7.98. The van der Waals surface area contributed by atoms with Crippen LogP contribution in [0, 0.1) is 0 Å². The lowest BCUT2D eigenvalue weighted by molar-refractivity contribution is 0.331. The van der Waals surface area contributed by atoms with Crippen molar-refractivity contribution < 1.29 is 8.42 Å². The van der Waals surface area contributed by atoms with Crippen LogP contribution in [0.3, 0.4) is 0 Å². The normalized spacial score (nSPS) is 14.3. The summed E-state index contributed by atoms with van der Waals surface area (Å²) < 4.78 is 21.9. The van der Waals surface area contributed by atoms with Crippen LogP contribution in [0.4, 0.5) is 0 Å². The molecule has 0 heterocycles. The predicted octanol–water partition coefficient (Wildman–Crippen LogP) is 0.741. The average Bonchev–Trinajstić information content (AvgIpc) is 2.20.